The first-order valence-corrected chi connectivity index (χ1v) is 6.47. The van der Waals surface area contributed by atoms with E-state index in [1.807, 2.05) is 19.9 Å². The zero-order valence-electron chi connectivity index (χ0n) is 11.5. The summed E-state index contributed by atoms with van der Waals surface area (Å²) >= 11 is 0. The molecule has 0 saturated heterocycles. The molecule has 0 amide bonds. The molecule has 2 aromatic rings. The van der Waals surface area contributed by atoms with Crippen LogP contribution >= 0.6 is 0 Å². The van der Waals surface area contributed by atoms with Gasteiger partial charge >= 0.3 is 0 Å². The molecular weight excluding hydrogens is 264 g/mol. The van der Waals surface area contributed by atoms with E-state index in [-0.39, 0.29) is 12.4 Å². The van der Waals surface area contributed by atoms with Crippen molar-refractivity contribution in [3.8, 4) is 5.75 Å². The molecule has 0 spiro atoms. The second kappa shape index (κ2) is 6.52. The minimum atomic E-state index is -0.917. The van der Waals surface area contributed by atoms with Gasteiger partial charge in [0, 0.05) is 11.6 Å². The van der Waals surface area contributed by atoms with Crippen LogP contribution in [0.3, 0.4) is 0 Å². The number of aryl methyl sites for hydroxylation is 1. The molecule has 0 aliphatic heterocycles. The van der Waals surface area contributed by atoms with Crippen LogP contribution < -0.4 is 10.1 Å². The van der Waals surface area contributed by atoms with Gasteiger partial charge in [0.2, 0.25) is 0 Å². The van der Waals surface area contributed by atoms with Crippen LogP contribution in [0.1, 0.15) is 24.0 Å². The van der Waals surface area contributed by atoms with Gasteiger partial charge in [-0.05, 0) is 31.7 Å². The van der Waals surface area contributed by atoms with E-state index in [0.717, 1.165) is 35.8 Å². The zero-order valence-corrected chi connectivity index (χ0v) is 11.5. The van der Waals surface area contributed by atoms with E-state index < -0.39 is 11.6 Å². The van der Waals surface area contributed by atoms with Gasteiger partial charge in [-0.3, -0.25) is 0 Å². The van der Waals surface area contributed by atoms with Crippen LogP contribution in [0, 0.1) is 18.6 Å². The van der Waals surface area contributed by atoms with Crippen molar-refractivity contribution in [2.24, 2.45) is 0 Å². The van der Waals surface area contributed by atoms with E-state index in [2.05, 4.69) is 5.32 Å². The molecule has 0 saturated carbocycles. The largest absolute Gasteiger partial charge is 0.489 e. The molecule has 0 unspecified atom stereocenters. The molecule has 1 aromatic heterocycles. The van der Waals surface area contributed by atoms with Crippen molar-refractivity contribution < 1.29 is 17.9 Å². The molecule has 20 heavy (non-hydrogen) atoms. The number of furan rings is 1. The summed E-state index contributed by atoms with van der Waals surface area (Å²) in [6.45, 7) is 5.64. The van der Waals surface area contributed by atoms with Crippen LogP contribution in [0.5, 0.6) is 5.75 Å². The molecule has 1 N–H and O–H groups in total. The summed E-state index contributed by atoms with van der Waals surface area (Å²) in [5.41, 5.74) is 0.891. The van der Waals surface area contributed by atoms with E-state index in [9.17, 15) is 8.78 Å². The van der Waals surface area contributed by atoms with Crippen molar-refractivity contribution in [3.63, 3.8) is 0 Å². The minimum absolute atomic E-state index is 0.256. The Morgan fingerprint density at radius 2 is 2.00 bits per heavy atom. The summed E-state index contributed by atoms with van der Waals surface area (Å²) in [7, 11) is 0. The third kappa shape index (κ3) is 3.57. The van der Waals surface area contributed by atoms with E-state index in [1.54, 1.807) is 0 Å². The first-order valence-electron chi connectivity index (χ1n) is 6.47. The number of hydrogen-bond donors (Lipinski definition) is 1. The van der Waals surface area contributed by atoms with E-state index >= 15 is 0 Å². The molecular formula is C15H17F2NO2. The lowest BCUT2D eigenvalue weighted by Gasteiger charge is -2.05. The van der Waals surface area contributed by atoms with E-state index in [0.29, 0.717) is 6.54 Å². The lowest BCUT2D eigenvalue weighted by molar-refractivity contribution is 0.300. The Kier molecular flexibility index (Phi) is 4.74. The minimum Gasteiger partial charge on any atom is -0.489 e. The molecule has 1 heterocycles. The van der Waals surface area contributed by atoms with Gasteiger partial charge in [-0.25, -0.2) is 8.78 Å². The first kappa shape index (κ1) is 14.5. The maximum atomic E-state index is 13.0. The zero-order chi connectivity index (χ0) is 14.5. The fourth-order valence-corrected chi connectivity index (χ4v) is 1.79. The lowest BCUT2D eigenvalue weighted by atomic mass is 10.2. The molecule has 0 aliphatic carbocycles. The van der Waals surface area contributed by atoms with Crippen LogP contribution in [0.4, 0.5) is 8.78 Å². The van der Waals surface area contributed by atoms with E-state index in [4.69, 9.17) is 9.15 Å². The standard InChI is InChI=1S/C15H17F2NO2/c1-3-18-8-13-6-11(10(2)20-13)9-19-12-4-5-14(16)15(17)7-12/h4-7,18H,3,8-9H2,1-2H3. The fraction of sp³-hybridized carbons (Fsp3) is 0.333. The summed E-state index contributed by atoms with van der Waals surface area (Å²) in [4.78, 5) is 0. The Balaban J connectivity index is 1.99. The first-order chi connectivity index (χ1) is 9.60. The van der Waals surface area contributed by atoms with Crippen LogP contribution in [0.15, 0.2) is 28.7 Å². The summed E-state index contributed by atoms with van der Waals surface area (Å²) in [6, 6.07) is 5.37. The topological polar surface area (TPSA) is 34.4 Å². The van der Waals surface area contributed by atoms with Gasteiger partial charge in [-0.2, -0.15) is 0 Å². The van der Waals surface area contributed by atoms with Crippen LogP contribution in [0.25, 0.3) is 0 Å². The quantitative estimate of drug-likeness (QED) is 0.879. The number of benzene rings is 1. The summed E-state index contributed by atoms with van der Waals surface area (Å²) in [5.74, 6) is 0.0791. The average molecular weight is 281 g/mol. The molecule has 1 aromatic carbocycles. The van der Waals surface area contributed by atoms with Crippen molar-refractivity contribution in [2.45, 2.75) is 27.0 Å². The normalized spacial score (nSPS) is 10.8. The summed E-state index contributed by atoms with van der Waals surface area (Å²) in [5, 5.41) is 3.17. The third-order valence-corrected chi connectivity index (χ3v) is 2.91. The third-order valence-electron chi connectivity index (χ3n) is 2.91. The number of halogens is 2. The highest BCUT2D eigenvalue weighted by atomic mass is 19.2. The highest BCUT2D eigenvalue weighted by Crippen LogP contribution is 2.20. The predicted molar refractivity (Wildman–Crippen MR) is 71.5 cm³/mol. The van der Waals surface area contributed by atoms with Gasteiger partial charge < -0.3 is 14.5 Å². The number of hydrogen-bond acceptors (Lipinski definition) is 3. The number of ether oxygens (including phenoxy) is 1. The van der Waals surface area contributed by atoms with Gasteiger partial charge in [0.05, 0.1) is 6.54 Å². The lowest BCUT2D eigenvalue weighted by Crippen LogP contribution is -2.10. The second-order valence-corrected chi connectivity index (χ2v) is 4.44. The molecule has 0 fully saturated rings. The SMILES string of the molecule is CCNCc1cc(COc2ccc(F)c(F)c2)c(C)o1. The Bertz CT molecular complexity index is 581. The van der Waals surface area contributed by atoms with Crippen molar-refractivity contribution in [1.29, 1.82) is 0 Å². The van der Waals surface area contributed by atoms with Gasteiger partial charge in [-0.1, -0.05) is 6.92 Å². The van der Waals surface area contributed by atoms with Crippen LogP contribution in [0.2, 0.25) is 0 Å². The highest BCUT2D eigenvalue weighted by Gasteiger charge is 2.09. The van der Waals surface area contributed by atoms with Gasteiger partial charge in [0.15, 0.2) is 11.6 Å². The number of nitrogens with one attached hydrogen (secondary N) is 1. The highest BCUT2D eigenvalue weighted by molar-refractivity contribution is 5.25. The Morgan fingerprint density at radius 1 is 1.20 bits per heavy atom. The Morgan fingerprint density at radius 3 is 2.70 bits per heavy atom. The van der Waals surface area contributed by atoms with Crippen LogP contribution in [-0.4, -0.2) is 6.54 Å². The Labute approximate surface area is 116 Å². The maximum Gasteiger partial charge on any atom is 0.162 e. The van der Waals surface area contributed by atoms with E-state index in [1.165, 1.54) is 6.07 Å². The van der Waals surface area contributed by atoms with Gasteiger partial charge in [-0.15, -0.1) is 0 Å². The fourth-order valence-electron chi connectivity index (χ4n) is 1.79. The molecule has 2 rings (SSSR count). The predicted octanol–water partition coefficient (Wildman–Crippen LogP) is 3.55. The molecule has 0 atom stereocenters. The molecule has 0 radical (unpaired) electrons. The van der Waals surface area contributed by atoms with Gasteiger partial charge in [0.25, 0.3) is 0 Å². The molecule has 0 aliphatic rings. The molecule has 5 heteroatoms. The summed E-state index contributed by atoms with van der Waals surface area (Å²) in [6.07, 6.45) is 0. The second-order valence-electron chi connectivity index (χ2n) is 4.44. The monoisotopic (exact) mass is 281 g/mol. The van der Waals surface area contributed by atoms with Crippen molar-refractivity contribution >= 4 is 0 Å². The molecule has 0 bridgehead atoms. The van der Waals surface area contributed by atoms with Crippen molar-refractivity contribution in [1.82, 2.24) is 5.32 Å². The van der Waals surface area contributed by atoms with Gasteiger partial charge in [0.1, 0.15) is 23.9 Å². The molecule has 3 nitrogen and oxygen atoms in total. The maximum absolute atomic E-state index is 13.0. The molecule has 108 valence electrons. The average Bonchev–Trinajstić information content (AvgIpc) is 2.78. The van der Waals surface area contributed by atoms with Crippen molar-refractivity contribution in [3.05, 3.63) is 53.0 Å². The Hall–Kier alpha value is -1.88. The smallest absolute Gasteiger partial charge is 0.162 e. The summed E-state index contributed by atoms with van der Waals surface area (Å²) < 4.78 is 36.9. The van der Waals surface area contributed by atoms with Crippen LogP contribution in [-0.2, 0) is 13.2 Å². The number of rotatable bonds is 6. The van der Waals surface area contributed by atoms with Crippen molar-refractivity contribution in [2.75, 3.05) is 6.54 Å².